The highest BCUT2D eigenvalue weighted by Gasteiger charge is 2.16. The van der Waals surface area contributed by atoms with Gasteiger partial charge in [0.1, 0.15) is 5.82 Å². The van der Waals surface area contributed by atoms with Crippen LogP contribution in [0.5, 0.6) is 5.88 Å². The molecule has 0 unspecified atom stereocenters. The number of nitrogens with zero attached hydrogens (tertiary/aromatic N) is 2. The third-order valence-electron chi connectivity index (χ3n) is 2.55. The van der Waals surface area contributed by atoms with Crippen LogP contribution in [-0.2, 0) is 0 Å². The first-order valence-electron chi connectivity index (χ1n) is 6.19. The van der Waals surface area contributed by atoms with E-state index in [1.165, 1.54) is 25.0 Å². The molecule has 0 saturated heterocycles. The molecule has 6 nitrogen and oxygen atoms in total. The molecule has 0 aromatic carbocycles. The Hall–Kier alpha value is -1.85. The minimum atomic E-state index is -0.515. The van der Waals surface area contributed by atoms with Crippen LogP contribution in [0, 0.1) is 10.1 Å². The zero-order valence-corrected chi connectivity index (χ0v) is 10.6. The molecule has 1 aromatic rings. The summed E-state index contributed by atoms with van der Waals surface area (Å²) in [4.78, 5) is 14.1. The van der Waals surface area contributed by atoms with Gasteiger partial charge in [-0.1, -0.05) is 32.6 Å². The van der Waals surface area contributed by atoms with Crippen molar-refractivity contribution in [1.29, 1.82) is 0 Å². The Labute approximate surface area is 106 Å². The van der Waals surface area contributed by atoms with Gasteiger partial charge in [-0.05, 0) is 12.5 Å². The number of aromatic nitrogens is 1. The molecule has 0 aliphatic heterocycles. The normalized spacial score (nSPS) is 10.3. The van der Waals surface area contributed by atoms with Crippen molar-refractivity contribution in [3.8, 4) is 5.88 Å². The van der Waals surface area contributed by atoms with Crippen LogP contribution in [0.2, 0.25) is 0 Å². The lowest BCUT2D eigenvalue weighted by Crippen LogP contribution is -2.04. The average Bonchev–Trinajstić information content (AvgIpc) is 2.33. The summed E-state index contributed by atoms with van der Waals surface area (Å²) in [7, 11) is 0. The van der Waals surface area contributed by atoms with Crippen molar-refractivity contribution in [3.63, 3.8) is 0 Å². The van der Waals surface area contributed by atoms with Crippen LogP contribution in [0.3, 0.4) is 0 Å². The summed E-state index contributed by atoms with van der Waals surface area (Å²) >= 11 is 0. The SMILES string of the molecule is CCCCCCCOc1nc(N)ccc1[N+](=O)[O-]. The minimum absolute atomic E-state index is 0.00971. The summed E-state index contributed by atoms with van der Waals surface area (Å²) in [5.74, 6) is 0.233. The van der Waals surface area contributed by atoms with Crippen LogP contribution >= 0.6 is 0 Å². The summed E-state index contributed by atoms with van der Waals surface area (Å²) in [5, 5.41) is 10.8. The third kappa shape index (κ3) is 4.57. The molecule has 0 atom stereocenters. The molecule has 1 aromatic heterocycles. The highest BCUT2D eigenvalue weighted by Crippen LogP contribution is 2.25. The molecule has 1 rings (SSSR count). The Morgan fingerprint density at radius 3 is 2.72 bits per heavy atom. The van der Waals surface area contributed by atoms with Crippen LogP contribution in [-0.4, -0.2) is 16.5 Å². The van der Waals surface area contributed by atoms with E-state index in [2.05, 4.69) is 11.9 Å². The molecular weight excluding hydrogens is 234 g/mol. The van der Waals surface area contributed by atoms with E-state index in [4.69, 9.17) is 10.5 Å². The molecule has 0 bridgehead atoms. The summed E-state index contributed by atoms with van der Waals surface area (Å²) in [6.07, 6.45) is 5.48. The molecule has 2 N–H and O–H groups in total. The van der Waals surface area contributed by atoms with Crippen molar-refractivity contribution in [3.05, 3.63) is 22.2 Å². The van der Waals surface area contributed by atoms with E-state index in [0.717, 1.165) is 19.3 Å². The molecule has 0 fully saturated rings. The zero-order valence-electron chi connectivity index (χ0n) is 10.6. The molecule has 0 radical (unpaired) electrons. The number of pyridine rings is 1. The molecule has 0 saturated carbocycles. The molecule has 0 spiro atoms. The average molecular weight is 253 g/mol. The van der Waals surface area contributed by atoms with E-state index in [1.807, 2.05) is 0 Å². The number of nitrogens with two attached hydrogens (primary N) is 1. The number of hydrogen-bond donors (Lipinski definition) is 1. The minimum Gasteiger partial charge on any atom is -0.473 e. The van der Waals surface area contributed by atoms with Gasteiger partial charge >= 0.3 is 5.69 Å². The van der Waals surface area contributed by atoms with Gasteiger partial charge in [0, 0.05) is 6.07 Å². The second kappa shape index (κ2) is 7.47. The van der Waals surface area contributed by atoms with Crippen molar-refractivity contribution in [2.75, 3.05) is 12.3 Å². The predicted octanol–water partition coefficient (Wildman–Crippen LogP) is 2.92. The highest BCUT2D eigenvalue weighted by molar-refractivity contribution is 5.46. The van der Waals surface area contributed by atoms with Crippen LogP contribution in [0.4, 0.5) is 11.5 Å². The van der Waals surface area contributed by atoms with Gasteiger partial charge in [-0.2, -0.15) is 4.98 Å². The third-order valence-corrected chi connectivity index (χ3v) is 2.55. The number of nitrogen functional groups attached to an aromatic ring is 1. The first kappa shape index (κ1) is 14.2. The maximum absolute atomic E-state index is 10.8. The van der Waals surface area contributed by atoms with Crippen LogP contribution in [0.15, 0.2) is 12.1 Å². The molecular formula is C12H19N3O3. The quantitative estimate of drug-likeness (QED) is 0.437. The van der Waals surface area contributed by atoms with Gasteiger partial charge in [0.2, 0.25) is 0 Å². The predicted molar refractivity (Wildman–Crippen MR) is 69.6 cm³/mol. The van der Waals surface area contributed by atoms with Crippen molar-refractivity contribution in [2.24, 2.45) is 0 Å². The zero-order chi connectivity index (χ0) is 13.4. The van der Waals surface area contributed by atoms with E-state index in [0.29, 0.717) is 6.61 Å². The molecule has 0 aliphatic rings. The van der Waals surface area contributed by atoms with Gasteiger partial charge in [-0.25, -0.2) is 0 Å². The number of rotatable bonds is 8. The summed E-state index contributed by atoms with van der Waals surface area (Å²) in [6, 6.07) is 2.71. The summed E-state index contributed by atoms with van der Waals surface area (Å²) < 4.78 is 5.33. The summed E-state index contributed by atoms with van der Waals surface area (Å²) in [6.45, 7) is 2.58. The lowest BCUT2D eigenvalue weighted by Gasteiger charge is -2.06. The van der Waals surface area contributed by atoms with Gasteiger partial charge in [-0.3, -0.25) is 10.1 Å². The topological polar surface area (TPSA) is 91.3 Å². The lowest BCUT2D eigenvalue weighted by molar-refractivity contribution is -0.386. The number of ether oxygens (including phenoxy) is 1. The Morgan fingerprint density at radius 1 is 1.33 bits per heavy atom. The fourth-order valence-electron chi connectivity index (χ4n) is 1.57. The van der Waals surface area contributed by atoms with Crippen molar-refractivity contribution < 1.29 is 9.66 Å². The molecule has 6 heteroatoms. The maximum atomic E-state index is 10.8. The molecule has 1 heterocycles. The van der Waals surface area contributed by atoms with Crippen LogP contribution in [0.25, 0.3) is 0 Å². The number of nitro groups is 1. The Kier molecular flexibility index (Phi) is 5.90. The van der Waals surface area contributed by atoms with Crippen LogP contribution in [0.1, 0.15) is 39.0 Å². The van der Waals surface area contributed by atoms with Gasteiger partial charge in [0.05, 0.1) is 11.5 Å². The Bertz CT molecular complexity index is 396. The van der Waals surface area contributed by atoms with E-state index >= 15 is 0 Å². The molecule has 0 amide bonds. The summed E-state index contributed by atoms with van der Waals surface area (Å²) in [5.41, 5.74) is 5.34. The van der Waals surface area contributed by atoms with Crippen molar-refractivity contribution in [1.82, 2.24) is 4.98 Å². The maximum Gasteiger partial charge on any atom is 0.331 e. The van der Waals surface area contributed by atoms with Gasteiger partial charge < -0.3 is 10.5 Å². The largest absolute Gasteiger partial charge is 0.473 e. The second-order valence-electron chi connectivity index (χ2n) is 4.08. The fourth-order valence-corrected chi connectivity index (χ4v) is 1.57. The smallest absolute Gasteiger partial charge is 0.331 e. The lowest BCUT2D eigenvalue weighted by atomic mass is 10.2. The van der Waals surface area contributed by atoms with Crippen LogP contribution < -0.4 is 10.5 Å². The van der Waals surface area contributed by atoms with Gasteiger partial charge in [0.15, 0.2) is 0 Å². The van der Waals surface area contributed by atoms with E-state index in [1.54, 1.807) is 0 Å². The molecule has 18 heavy (non-hydrogen) atoms. The second-order valence-corrected chi connectivity index (χ2v) is 4.08. The van der Waals surface area contributed by atoms with E-state index < -0.39 is 4.92 Å². The Balaban J connectivity index is 2.45. The Morgan fingerprint density at radius 2 is 2.06 bits per heavy atom. The first-order chi connectivity index (χ1) is 8.65. The first-order valence-corrected chi connectivity index (χ1v) is 6.19. The number of unbranched alkanes of at least 4 members (excludes halogenated alkanes) is 4. The number of hydrogen-bond acceptors (Lipinski definition) is 5. The van der Waals surface area contributed by atoms with Gasteiger partial charge in [-0.15, -0.1) is 0 Å². The molecule has 100 valence electrons. The monoisotopic (exact) mass is 253 g/mol. The highest BCUT2D eigenvalue weighted by atomic mass is 16.6. The fraction of sp³-hybridized carbons (Fsp3) is 0.583. The van der Waals surface area contributed by atoms with E-state index in [-0.39, 0.29) is 17.4 Å². The van der Waals surface area contributed by atoms with Gasteiger partial charge in [0.25, 0.3) is 5.88 Å². The standard InChI is InChI=1S/C12H19N3O3/c1-2-3-4-5-6-9-18-12-10(15(16)17)7-8-11(13)14-12/h7-8H,2-6,9H2,1H3,(H2,13,14). The molecule has 0 aliphatic carbocycles. The number of anilines is 1. The van der Waals surface area contributed by atoms with Crippen molar-refractivity contribution >= 4 is 11.5 Å². The van der Waals surface area contributed by atoms with E-state index in [9.17, 15) is 10.1 Å². The van der Waals surface area contributed by atoms with Crippen molar-refractivity contribution in [2.45, 2.75) is 39.0 Å².